The molecule has 22 heavy (non-hydrogen) atoms. The van der Waals surface area contributed by atoms with Crippen LogP contribution in [0.25, 0.3) is 0 Å². The van der Waals surface area contributed by atoms with Crippen LogP contribution in [0.15, 0.2) is 10.7 Å². The number of furan rings is 1. The maximum Gasteiger partial charge on any atom is 0.311 e. The zero-order valence-electron chi connectivity index (χ0n) is 13.6. The zero-order chi connectivity index (χ0) is 16.3. The number of aliphatic carboxylic acids is 1. The zero-order valence-corrected chi connectivity index (χ0v) is 13.6. The monoisotopic (exact) mass is 307 g/mol. The summed E-state index contributed by atoms with van der Waals surface area (Å²) in [6.07, 6.45) is 5.55. The van der Waals surface area contributed by atoms with E-state index < -0.39 is 5.97 Å². The summed E-state index contributed by atoms with van der Waals surface area (Å²) in [5.74, 6) is -0.819. The topological polar surface area (TPSA) is 70.8 Å². The number of nitrogens with zero attached hydrogens (tertiary/aromatic N) is 1. The van der Waals surface area contributed by atoms with Crippen molar-refractivity contribution in [3.8, 4) is 0 Å². The number of hydrogen-bond donors (Lipinski definition) is 1. The number of likely N-dealkylation sites (tertiary alicyclic amines) is 1. The Morgan fingerprint density at radius 2 is 2.18 bits per heavy atom. The molecule has 1 N–H and O–H groups in total. The van der Waals surface area contributed by atoms with E-state index in [-0.39, 0.29) is 23.5 Å². The molecular weight excluding hydrogens is 282 g/mol. The third-order valence-electron chi connectivity index (χ3n) is 4.50. The van der Waals surface area contributed by atoms with Crippen molar-refractivity contribution in [3.63, 3.8) is 0 Å². The first-order chi connectivity index (χ1) is 10.4. The Morgan fingerprint density at radius 1 is 1.45 bits per heavy atom. The Morgan fingerprint density at radius 3 is 2.82 bits per heavy atom. The quantitative estimate of drug-likeness (QED) is 0.906. The van der Waals surface area contributed by atoms with Crippen LogP contribution in [0.5, 0.6) is 0 Å². The number of aryl methyl sites for hydroxylation is 1. The van der Waals surface area contributed by atoms with Gasteiger partial charge in [0.05, 0.1) is 11.8 Å². The van der Waals surface area contributed by atoms with Crippen LogP contribution < -0.4 is 0 Å². The number of carbonyl (C=O) groups excluding carboxylic acids is 1. The van der Waals surface area contributed by atoms with E-state index in [1.807, 2.05) is 4.90 Å². The summed E-state index contributed by atoms with van der Waals surface area (Å²) in [6, 6.07) is 0. The predicted molar refractivity (Wildman–Crippen MR) is 82.9 cm³/mol. The van der Waals surface area contributed by atoms with Gasteiger partial charge >= 0.3 is 5.97 Å². The van der Waals surface area contributed by atoms with Crippen LogP contribution in [0.1, 0.15) is 61.2 Å². The molecule has 2 rings (SSSR count). The van der Waals surface area contributed by atoms with Crippen molar-refractivity contribution in [2.75, 3.05) is 13.1 Å². The van der Waals surface area contributed by atoms with Crippen LogP contribution in [0.4, 0.5) is 0 Å². The average molecular weight is 307 g/mol. The Balaban J connectivity index is 2.21. The second kappa shape index (κ2) is 6.55. The summed E-state index contributed by atoms with van der Waals surface area (Å²) >= 11 is 0. The minimum Gasteiger partial charge on any atom is -0.481 e. The lowest BCUT2D eigenvalue weighted by molar-refractivity contribution is -0.136. The highest BCUT2D eigenvalue weighted by atomic mass is 16.4. The van der Waals surface area contributed by atoms with Crippen molar-refractivity contribution >= 4 is 11.9 Å². The number of carboxylic acid groups (broad SMARTS) is 1. The number of amides is 1. The van der Waals surface area contributed by atoms with E-state index in [0.29, 0.717) is 11.1 Å². The fourth-order valence-electron chi connectivity index (χ4n) is 3.51. The minimum absolute atomic E-state index is 0.0930. The lowest BCUT2D eigenvalue weighted by Crippen LogP contribution is -2.45. The van der Waals surface area contributed by atoms with Crippen LogP contribution in [0, 0.1) is 12.3 Å². The molecule has 5 nitrogen and oxygen atoms in total. The minimum atomic E-state index is -0.988. The summed E-state index contributed by atoms with van der Waals surface area (Å²) in [4.78, 5) is 25.6. The fraction of sp³-hybridized carbons (Fsp3) is 0.647. The van der Waals surface area contributed by atoms with Crippen molar-refractivity contribution in [3.05, 3.63) is 23.2 Å². The second-order valence-electron chi connectivity index (χ2n) is 6.68. The van der Waals surface area contributed by atoms with Gasteiger partial charge in [0, 0.05) is 18.7 Å². The Kier molecular flexibility index (Phi) is 4.94. The lowest BCUT2D eigenvalue weighted by atomic mass is 9.78. The Hall–Kier alpha value is -1.78. The molecule has 1 aliphatic rings. The molecule has 1 saturated heterocycles. The lowest BCUT2D eigenvalue weighted by Gasteiger charge is -2.40. The van der Waals surface area contributed by atoms with E-state index >= 15 is 0 Å². The molecule has 0 aromatic carbocycles. The van der Waals surface area contributed by atoms with Gasteiger partial charge in [-0.15, -0.1) is 0 Å². The number of rotatable bonds is 5. The van der Waals surface area contributed by atoms with Crippen molar-refractivity contribution < 1.29 is 19.1 Å². The van der Waals surface area contributed by atoms with Gasteiger partial charge in [-0.1, -0.05) is 20.3 Å². The van der Waals surface area contributed by atoms with Gasteiger partial charge in [-0.3, -0.25) is 9.59 Å². The van der Waals surface area contributed by atoms with Gasteiger partial charge in [-0.25, -0.2) is 0 Å². The maximum atomic E-state index is 12.8. The van der Waals surface area contributed by atoms with E-state index in [9.17, 15) is 9.59 Å². The van der Waals surface area contributed by atoms with Gasteiger partial charge in [-0.05, 0) is 31.6 Å². The highest BCUT2D eigenvalue weighted by molar-refractivity contribution is 5.97. The normalized spacial score (nSPS) is 21.9. The van der Waals surface area contributed by atoms with Crippen LogP contribution >= 0.6 is 0 Å². The first-order valence-electron chi connectivity index (χ1n) is 7.94. The third-order valence-corrected chi connectivity index (χ3v) is 4.50. The maximum absolute atomic E-state index is 12.8. The van der Waals surface area contributed by atoms with Gasteiger partial charge in [0.2, 0.25) is 0 Å². The number of carbonyl (C=O) groups is 2. The van der Waals surface area contributed by atoms with Gasteiger partial charge in [-0.2, -0.15) is 0 Å². The van der Waals surface area contributed by atoms with Gasteiger partial charge in [0.1, 0.15) is 12.2 Å². The SMILES string of the molecule is CCCC1(C)CCCN(C(=O)c2c(C)coc2CC(=O)O)C1. The van der Waals surface area contributed by atoms with E-state index in [2.05, 4.69) is 13.8 Å². The molecule has 0 spiro atoms. The number of carboxylic acids is 1. The van der Waals surface area contributed by atoms with Crippen LogP contribution in [0.3, 0.4) is 0 Å². The van der Waals surface area contributed by atoms with Crippen LogP contribution in [-0.4, -0.2) is 35.0 Å². The first kappa shape index (κ1) is 16.6. The third kappa shape index (κ3) is 3.51. The number of piperidine rings is 1. The Labute approximate surface area is 131 Å². The van der Waals surface area contributed by atoms with E-state index in [4.69, 9.17) is 9.52 Å². The molecule has 122 valence electrons. The second-order valence-corrected chi connectivity index (χ2v) is 6.68. The van der Waals surface area contributed by atoms with Crippen molar-refractivity contribution in [2.45, 2.75) is 52.9 Å². The average Bonchev–Trinajstić information content (AvgIpc) is 2.78. The van der Waals surface area contributed by atoms with Crippen molar-refractivity contribution in [2.24, 2.45) is 5.41 Å². The largest absolute Gasteiger partial charge is 0.481 e. The van der Waals surface area contributed by atoms with Crippen LogP contribution in [-0.2, 0) is 11.2 Å². The predicted octanol–water partition coefficient (Wildman–Crippen LogP) is 3.26. The Bertz CT molecular complexity index is 559. The molecule has 1 unspecified atom stereocenters. The smallest absolute Gasteiger partial charge is 0.311 e. The molecule has 5 heteroatoms. The molecule has 0 radical (unpaired) electrons. The van der Waals surface area contributed by atoms with Gasteiger partial charge in [0.15, 0.2) is 0 Å². The van der Waals surface area contributed by atoms with E-state index in [0.717, 1.165) is 38.8 Å². The molecule has 0 aliphatic carbocycles. The van der Waals surface area contributed by atoms with Gasteiger partial charge in [0.25, 0.3) is 5.91 Å². The molecular formula is C17H25NO4. The molecule has 0 bridgehead atoms. The van der Waals surface area contributed by atoms with Crippen molar-refractivity contribution in [1.82, 2.24) is 4.90 Å². The van der Waals surface area contributed by atoms with Crippen LogP contribution in [0.2, 0.25) is 0 Å². The molecule has 1 aliphatic heterocycles. The van der Waals surface area contributed by atoms with Crippen molar-refractivity contribution in [1.29, 1.82) is 0 Å². The highest BCUT2D eigenvalue weighted by Gasteiger charge is 2.34. The summed E-state index contributed by atoms with van der Waals surface area (Å²) in [7, 11) is 0. The standard InChI is InChI=1S/C17H25NO4/c1-4-6-17(3)7-5-8-18(11-17)16(21)15-12(2)10-22-13(15)9-14(19)20/h10H,4-9,11H2,1-3H3,(H,19,20). The summed E-state index contributed by atoms with van der Waals surface area (Å²) in [5.41, 5.74) is 1.31. The van der Waals surface area contributed by atoms with E-state index in [1.54, 1.807) is 6.92 Å². The molecule has 1 amide bonds. The van der Waals surface area contributed by atoms with Gasteiger partial charge < -0.3 is 14.4 Å². The van der Waals surface area contributed by atoms with E-state index in [1.165, 1.54) is 6.26 Å². The molecule has 1 aromatic rings. The molecule has 1 fully saturated rings. The molecule has 0 saturated carbocycles. The summed E-state index contributed by atoms with van der Waals surface area (Å²) in [6.45, 7) is 7.65. The highest BCUT2D eigenvalue weighted by Crippen LogP contribution is 2.35. The fourth-order valence-corrected chi connectivity index (χ4v) is 3.51. The number of hydrogen-bond acceptors (Lipinski definition) is 3. The first-order valence-corrected chi connectivity index (χ1v) is 7.94. The summed E-state index contributed by atoms with van der Waals surface area (Å²) < 4.78 is 5.29. The molecule has 1 aromatic heterocycles. The summed E-state index contributed by atoms with van der Waals surface area (Å²) in [5, 5.41) is 8.96. The molecule has 2 heterocycles. The molecule has 1 atom stereocenters.